The van der Waals surface area contributed by atoms with Crippen LogP contribution in [0.2, 0.25) is 0 Å². The Bertz CT molecular complexity index is 1030. The van der Waals surface area contributed by atoms with Crippen molar-refractivity contribution >= 4 is 27.5 Å². The third kappa shape index (κ3) is 4.85. The van der Waals surface area contributed by atoms with Crippen LogP contribution >= 0.6 is 15.9 Å². The van der Waals surface area contributed by atoms with Gasteiger partial charge in [0.25, 0.3) is 5.56 Å². The highest BCUT2D eigenvalue weighted by atomic mass is 79.9. The van der Waals surface area contributed by atoms with Crippen LogP contribution in [-0.4, -0.2) is 33.4 Å². The first-order valence-corrected chi connectivity index (χ1v) is 9.89. The summed E-state index contributed by atoms with van der Waals surface area (Å²) in [6.07, 6.45) is 1.69. The number of aromatic nitrogens is 2. The number of carbonyl (C=O) groups is 1. The third-order valence-corrected chi connectivity index (χ3v) is 5.00. The van der Waals surface area contributed by atoms with E-state index in [2.05, 4.69) is 20.9 Å². The second kappa shape index (κ2) is 9.12. The van der Waals surface area contributed by atoms with Crippen molar-refractivity contribution in [3.05, 3.63) is 80.8 Å². The van der Waals surface area contributed by atoms with Crippen LogP contribution in [0, 0.1) is 0 Å². The van der Waals surface area contributed by atoms with E-state index in [9.17, 15) is 9.59 Å². The number of ether oxygens (including phenoxy) is 1. The zero-order chi connectivity index (χ0) is 20.1. The maximum absolute atomic E-state index is 12.4. The van der Waals surface area contributed by atoms with Gasteiger partial charge in [0.1, 0.15) is 5.65 Å². The lowest BCUT2D eigenvalue weighted by Crippen LogP contribution is -2.34. The highest BCUT2D eigenvalue weighted by Crippen LogP contribution is 2.24. The van der Waals surface area contributed by atoms with Gasteiger partial charge in [0.2, 0.25) is 0 Å². The highest BCUT2D eigenvalue weighted by molar-refractivity contribution is 9.10. The van der Waals surface area contributed by atoms with Crippen LogP contribution in [-0.2, 0) is 16.1 Å². The van der Waals surface area contributed by atoms with Crippen molar-refractivity contribution in [1.29, 1.82) is 0 Å². The Kier molecular flexibility index (Phi) is 6.59. The molecule has 0 spiro atoms. The molecule has 1 aromatic carbocycles. The van der Waals surface area contributed by atoms with Crippen molar-refractivity contribution in [2.45, 2.75) is 26.4 Å². The molecular formula is C21H22BrN3O3. The Morgan fingerprint density at radius 3 is 2.82 bits per heavy atom. The molecule has 0 aliphatic carbocycles. The number of esters is 1. The second-order valence-electron chi connectivity index (χ2n) is 6.46. The quantitative estimate of drug-likeness (QED) is 0.522. The minimum absolute atomic E-state index is 0.0714. The second-order valence-corrected chi connectivity index (χ2v) is 7.37. The molecule has 28 heavy (non-hydrogen) atoms. The fourth-order valence-electron chi connectivity index (χ4n) is 3.07. The summed E-state index contributed by atoms with van der Waals surface area (Å²) in [4.78, 5) is 31.1. The van der Waals surface area contributed by atoms with Crippen LogP contribution in [0.25, 0.3) is 5.65 Å². The maximum Gasteiger partial charge on any atom is 0.320 e. The number of fused-ring (bicyclic) bond motifs is 1. The summed E-state index contributed by atoms with van der Waals surface area (Å²) in [5.74, 6) is -0.304. The average molecular weight is 444 g/mol. The number of rotatable bonds is 7. The van der Waals surface area contributed by atoms with Crippen molar-refractivity contribution in [3.8, 4) is 0 Å². The van der Waals surface area contributed by atoms with E-state index in [1.165, 1.54) is 10.5 Å². The molecule has 7 heteroatoms. The van der Waals surface area contributed by atoms with Crippen LogP contribution in [0.3, 0.4) is 0 Å². The van der Waals surface area contributed by atoms with E-state index in [-0.39, 0.29) is 24.1 Å². The molecule has 3 rings (SSSR count). The lowest BCUT2D eigenvalue weighted by atomic mass is 10.1. The molecule has 0 fully saturated rings. The number of nitrogens with zero attached hydrogens (tertiary/aromatic N) is 3. The predicted octanol–water partition coefficient (Wildman–Crippen LogP) is 3.58. The SMILES string of the molecule is CCOC(=O)CN(Cc1cc(=O)n2ccccc2n1)[C@@H](C)c1cccc(Br)c1. The Labute approximate surface area is 171 Å². The van der Waals surface area contributed by atoms with Gasteiger partial charge in [-0.2, -0.15) is 0 Å². The van der Waals surface area contributed by atoms with E-state index < -0.39 is 0 Å². The van der Waals surface area contributed by atoms with Crippen molar-refractivity contribution in [1.82, 2.24) is 14.3 Å². The molecule has 2 aromatic heterocycles. The molecule has 0 saturated carbocycles. The minimum atomic E-state index is -0.304. The number of pyridine rings is 1. The number of halogens is 1. The van der Waals surface area contributed by atoms with Crippen LogP contribution in [0.1, 0.15) is 31.1 Å². The molecule has 0 amide bonds. The predicted molar refractivity (Wildman–Crippen MR) is 111 cm³/mol. The summed E-state index contributed by atoms with van der Waals surface area (Å²) in [7, 11) is 0. The van der Waals surface area contributed by atoms with Crippen molar-refractivity contribution in [2.24, 2.45) is 0 Å². The number of carbonyl (C=O) groups excluding carboxylic acids is 1. The lowest BCUT2D eigenvalue weighted by Gasteiger charge is -2.28. The third-order valence-electron chi connectivity index (χ3n) is 4.51. The van der Waals surface area contributed by atoms with Gasteiger partial charge in [-0.25, -0.2) is 4.98 Å². The van der Waals surface area contributed by atoms with E-state index in [0.717, 1.165) is 10.0 Å². The summed E-state index contributed by atoms with van der Waals surface area (Å²) in [5.41, 5.74) is 2.10. The van der Waals surface area contributed by atoms with Gasteiger partial charge in [-0.05, 0) is 43.7 Å². The smallest absolute Gasteiger partial charge is 0.320 e. The normalized spacial score (nSPS) is 12.3. The minimum Gasteiger partial charge on any atom is -0.465 e. The first-order valence-electron chi connectivity index (χ1n) is 9.10. The fourth-order valence-corrected chi connectivity index (χ4v) is 3.49. The Balaban J connectivity index is 1.92. The molecular weight excluding hydrogens is 422 g/mol. The van der Waals surface area contributed by atoms with Gasteiger partial charge in [-0.1, -0.05) is 34.1 Å². The summed E-state index contributed by atoms with van der Waals surface area (Å²) in [6.45, 7) is 4.60. The maximum atomic E-state index is 12.4. The summed E-state index contributed by atoms with van der Waals surface area (Å²) < 4.78 is 7.60. The molecule has 1 atom stereocenters. The van der Waals surface area contributed by atoms with Crippen molar-refractivity contribution in [2.75, 3.05) is 13.2 Å². The summed E-state index contributed by atoms with van der Waals surface area (Å²) in [6, 6.07) is 14.8. The van der Waals surface area contributed by atoms with Gasteiger partial charge in [0.05, 0.1) is 18.8 Å². The van der Waals surface area contributed by atoms with Gasteiger partial charge < -0.3 is 4.74 Å². The zero-order valence-corrected chi connectivity index (χ0v) is 17.4. The molecule has 0 unspecified atom stereocenters. The first kappa shape index (κ1) is 20.2. The van der Waals surface area contributed by atoms with Crippen LogP contribution in [0.15, 0.2) is 64.0 Å². The first-order chi connectivity index (χ1) is 13.5. The number of benzene rings is 1. The van der Waals surface area contributed by atoms with E-state index in [0.29, 0.717) is 24.5 Å². The molecule has 0 saturated heterocycles. The monoisotopic (exact) mass is 443 g/mol. The largest absolute Gasteiger partial charge is 0.465 e. The molecule has 0 aliphatic heterocycles. The van der Waals surface area contributed by atoms with E-state index >= 15 is 0 Å². The van der Waals surface area contributed by atoms with Gasteiger partial charge in [0.15, 0.2) is 0 Å². The Hall–Kier alpha value is -2.51. The number of hydrogen-bond acceptors (Lipinski definition) is 5. The van der Waals surface area contributed by atoms with Gasteiger partial charge in [0, 0.05) is 29.3 Å². The van der Waals surface area contributed by atoms with Crippen LogP contribution in [0.5, 0.6) is 0 Å². The average Bonchev–Trinajstić information content (AvgIpc) is 2.67. The van der Waals surface area contributed by atoms with Gasteiger partial charge in [-0.3, -0.25) is 18.9 Å². The van der Waals surface area contributed by atoms with Crippen molar-refractivity contribution in [3.63, 3.8) is 0 Å². The van der Waals surface area contributed by atoms with Crippen LogP contribution in [0.4, 0.5) is 0 Å². The topological polar surface area (TPSA) is 63.9 Å². The highest BCUT2D eigenvalue weighted by Gasteiger charge is 2.21. The van der Waals surface area contributed by atoms with E-state index in [4.69, 9.17) is 4.74 Å². The zero-order valence-electron chi connectivity index (χ0n) is 15.8. The number of hydrogen-bond donors (Lipinski definition) is 0. The Morgan fingerprint density at radius 1 is 1.25 bits per heavy atom. The van der Waals surface area contributed by atoms with Crippen LogP contribution < -0.4 is 5.56 Å². The Morgan fingerprint density at radius 2 is 2.07 bits per heavy atom. The molecule has 0 N–H and O–H groups in total. The lowest BCUT2D eigenvalue weighted by molar-refractivity contribution is -0.145. The molecule has 146 valence electrons. The molecule has 0 aliphatic rings. The fraction of sp³-hybridized carbons (Fsp3) is 0.286. The van der Waals surface area contributed by atoms with E-state index in [1.54, 1.807) is 25.3 Å². The van der Waals surface area contributed by atoms with Crippen molar-refractivity contribution < 1.29 is 9.53 Å². The van der Waals surface area contributed by atoms with Gasteiger partial charge in [-0.15, -0.1) is 0 Å². The molecule has 3 aromatic rings. The molecule has 6 nitrogen and oxygen atoms in total. The molecule has 0 bridgehead atoms. The summed E-state index contributed by atoms with van der Waals surface area (Å²) in [5, 5.41) is 0. The van der Waals surface area contributed by atoms with E-state index in [1.807, 2.05) is 42.2 Å². The summed E-state index contributed by atoms with van der Waals surface area (Å²) >= 11 is 3.49. The standard InChI is InChI=1S/C21H22BrN3O3/c1-3-28-21(27)14-24(15(2)16-7-6-8-17(22)11-16)13-18-12-20(26)25-10-5-4-9-19(25)23-18/h4-12,15H,3,13-14H2,1-2H3/t15-/m0/s1. The molecule has 0 radical (unpaired) electrons. The van der Waals surface area contributed by atoms with Gasteiger partial charge >= 0.3 is 5.97 Å². The molecule has 2 heterocycles.